The Morgan fingerprint density at radius 2 is 1.50 bits per heavy atom. The van der Waals surface area contributed by atoms with E-state index in [0.717, 1.165) is 33.2 Å². The van der Waals surface area contributed by atoms with Crippen LogP contribution >= 0.6 is 0 Å². The third-order valence-corrected chi connectivity index (χ3v) is 4.77. The van der Waals surface area contributed by atoms with Crippen LogP contribution in [-0.2, 0) is 0 Å². The van der Waals surface area contributed by atoms with E-state index in [1.807, 2.05) is 78.9 Å². The molecule has 0 radical (unpaired) electrons. The molecule has 4 aromatic carbocycles. The molecule has 1 heterocycles. The van der Waals surface area contributed by atoms with Crippen molar-refractivity contribution in [2.75, 3.05) is 5.32 Å². The first-order valence-corrected chi connectivity index (χ1v) is 8.60. The average molecular weight is 336 g/mol. The number of nitrogens with one attached hydrogen (secondary N) is 2. The van der Waals surface area contributed by atoms with Crippen molar-refractivity contribution in [3.63, 3.8) is 0 Å². The van der Waals surface area contributed by atoms with Gasteiger partial charge in [-0.3, -0.25) is 4.79 Å². The summed E-state index contributed by atoms with van der Waals surface area (Å²) in [5.41, 5.74) is 3.77. The number of para-hydroxylation sites is 2. The highest BCUT2D eigenvalue weighted by atomic mass is 16.1. The third kappa shape index (κ3) is 2.25. The quantitative estimate of drug-likeness (QED) is 0.326. The lowest BCUT2D eigenvalue weighted by molar-refractivity contribution is 1.49. The number of rotatable bonds is 2. The predicted molar refractivity (Wildman–Crippen MR) is 109 cm³/mol. The Balaban J connectivity index is 1.88. The molecule has 0 unspecified atom stereocenters. The molecule has 0 aliphatic carbocycles. The van der Waals surface area contributed by atoms with Gasteiger partial charge in [0.2, 0.25) is 0 Å². The molecule has 2 N–H and O–H groups in total. The largest absolute Gasteiger partial charge is 0.355 e. The number of H-pyrrole nitrogens is 1. The van der Waals surface area contributed by atoms with Crippen molar-refractivity contribution in [2.45, 2.75) is 0 Å². The fourth-order valence-corrected chi connectivity index (χ4v) is 3.55. The highest BCUT2D eigenvalue weighted by molar-refractivity contribution is 6.14. The van der Waals surface area contributed by atoms with Gasteiger partial charge >= 0.3 is 0 Å². The molecule has 1 aromatic heterocycles. The smallest absolute Gasteiger partial charge is 0.197 e. The van der Waals surface area contributed by atoms with Gasteiger partial charge in [-0.2, -0.15) is 0 Å². The van der Waals surface area contributed by atoms with Gasteiger partial charge in [0.25, 0.3) is 0 Å². The molecule has 5 aromatic rings. The summed E-state index contributed by atoms with van der Waals surface area (Å²) in [7, 11) is 0. The van der Waals surface area contributed by atoms with Crippen molar-refractivity contribution in [3.8, 4) is 0 Å². The number of hydrogen-bond acceptors (Lipinski definition) is 2. The second-order valence-corrected chi connectivity index (χ2v) is 6.38. The van der Waals surface area contributed by atoms with Crippen LogP contribution in [0.3, 0.4) is 0 Å². The molecule has 3 nitrogen and oxygen atoms in total. The lowest BCUT2D eigenvalue weighted by Gasteiger charge is -2.13. The van der Waals surface area contributed by atoms with Crippen LogP contribution in [0.15, 0.2) is 89.7 Å². The zero-order valence-electron chi connectivity index (χ0n) is 14.0. The van der Waals surface area contributed by atoms with E-state index in [4.69, 9.17) is 0 Å². The normalized spacial score (nSPS) is 11.2. The van der Waals surface area contributed by atoms with E-state index in [0.29, 0.717) is 10.8 Å². The molecule has 124 valence electrons. The number of fused-ring (bicyclic) bond motifs is 4. The van der Waals surface area contributed by atoms with Crippen molar-refractivity contribution < 1.29 is 0 Å². The van der Waals surface area contributed by atoms with Gasteiger partial charge in [0.15, 0.2) is 5.43 Å². The molecule has 0 amide bonds. The van der Waals surface area contributed by atoms with Gasteiger partial charge in [0.1, 0.15) is 0 Å². The maximum Gasteiger partial charge on any atom is 0.197 e. The first-order valence-electron chi connectivity index (χ1n) is 8.60. The van der Waals surface area contributed by atoms with Crippen LogP contribution in [0.2, 0.25) is 0 Å². The molecule has 26 heavy (non-hydrogen) atoms. The van der Waals surface area contributed by atoms with E-state index in [1.165, 1.54) is 0 Å². The van der Waals surface area contributed by atoms with Gasteiger partial charge in [0.05, 0.1) is 5.52 Å². The van der Waals surface area contributed by atoms with E-state index in [2.05, 4.69) is 16.4 Å². The van der Waals surface area contributed by atoms with Crippen molar-refractivity contribution >= 4 is 44.0 Å². The Bertz CT molecular complexity index is 1320. The fourth-order valence-electron chi connectivity index (χ4n) is 3.55. The minimum Gasteiger partial charge on any atom is -0.355 e. The topological polar surface area (TPSA) is 44.9 Å². The number of anilines is 2. The number of aromatic nitrogens is 1. The summed E-state index contributed by atoms with van der Waals surface area (Å²) in [5.74, 6) is 0. The van der Waals surface area contributed by atoms with Gasteiger partial charge in [-0.05, 0) is 41.8 Å². The lowest BCUT2D eigenvalue weighted by Crippen LogP contribution is -2.04. The van der Waals surface area contributed by atoms with Crippen molar-refractivity contribution in [2.24, 2.45) is 0 Å². The molecule has 0 spiro atoms. The summed E-state index contributed by atoms with van der Waals surface area (Å²) in [6, 6.07) is 27.8. The molecule has 0 atom stereocenters. The van der Waals surface area contributed by atoms with Crippen molar-refractivity contribution in [3.05, 3.63) is 95.2 Å². The zero-order valence-corrected chi connectivity index (χ0v) is 14.0. The van der Waals surface area contributed by atoms with E-state index in [1.54, 1.807) is 0 Å². The Kier molecular flexibility index (Phi) is 3.25. The predicted octanol–water partition coefficient (Wildman–Crippen LogP) is 5.58. The molecule has 0 saturated carbocycles. The summed E-state index contributed by atoms with van der Waals surface area (Å²) >= 11 is 0. The number of aromatic amines is 1. The van der Waals surface area contributed by atoms with Crippen molar-refractivity contribution in [1.29, 1.82) is 0 Å². The van der Waals surface area contributed by atoms with Gasteiger partial charge in [0, 0.05) is 33.1 Å². The molecule has 0 bridgehead atoms. The minimum absolute atomic E-state index is 0.0609. The molecule has 3 heteroatoms. The summed E-state index contributed by atoms with van der Waals surface area (Å²) in [6.45, 7) is 0. The molecular weight excluding hydrogens is 320 g/mol. The van der Waals surface area contributed by atoms with Crippen LogP contribution in [0.4, 0.5) is 11.4 Å². The van der Waals surface area contributed by atoms with Crippen molar-refractivity contribution in [1.82, 2.24) is 4.98 Å². The highest BCUT2D eigenvalue weighted by Crippen LogP contribution is 2.32. The van der Waals surface area contributed by atoms with E-state index in [-0.39, 0.29) is 5.43 Å². The Morgan fingerprint density at radius 1 is 0.692 bits per heavy atom. The van der Waals surface area contributed by atoms with Crippen LogP contribution in [-0.4, -0.2) is 4.98 Å². The van der Waals surface area contributed by atoms with Gasteiger partial charge < -0.3 is 10.3 Å². The van der Waals surface area contributed by atoms with E-state index < -0.39 is 0 Å². The van der Waals surface area contributed by atoms with E-state index >= 15 is 0 Å². The molecule has 5 rings (SSSR count). The second-order valence-electron chi connectivity index (χ2n) is 6.38. The number of benzene rings is 4. The fraction of sp³-hybridized carbons (Fsp3) is 0. The van der Waals surface area contributed by atoms with Crippen LogP contribution in [0, 0.1) is 0 Å². The average Bonchev–Trinajstić information content (AvgIpc) is 2.69. The van der Waals surface area contributed by atoms with Crippen LogP contribution in [0.5, 0.6) is 0 Å². The number of hydrogen-bond donors (Lipinski definition) is 2. The van der Waals surface area contributed by atoms with E-state index in [9.17, 15) is 4.79 Å². The standard InChI is InChI=1S/C23H16N2O/c26-23-17-10-4-5-11-19(17)25-22-18(23)14-13-15-7-6-12-20(21(15)22)24-16-8-2-1-3-9-16/h1-14,24H,(H,25,26). The highest BCUT2D eigenvalue weighted by Gasteiger charge is 2.11. The second kappa shape index (κ2) is 5.74. The molecule has 0 aliphatic rings. The first kappa shape index (κ1) is 14.7. The summed E-state index contributed by atoms with van der Waals surface area (Å²) in [6.07, 6.45) is 0. The maximum atomic E-state index is 13.0. The van der Waals surface area contributed by atoms with Gasteiger partial charge in [-0.1, -0.05) is 48.5 Å². The maximum absolute atomic E-state index is 13.0. The zero-order chi connectivity index (χ0) is 17.5. The van der Waals surface area contributed by atoms with Gasteiger partial charge in [-0.15, -0.1) is 0 Å². The molecular formula is C23H16N2O. The molecule has 0 saturated heterocycles. The SMILES string of the molecule is O=c1c2ccccc2[nH]c2c1ccc1cccc(Nc3ccccc3)c12. The van der Waals surface area contributed by atoms with Gasteiger partial charge in [-0.25, -0.2) is 0 Å². The van der Waals surface area contributed by atoms with Crippen LogP contribution < -0.4 is 10.7 Å². The Labute approximate surface area is 149 Å². The monoisotopic (exact) mass is 336 g/mol. The lowest BCUT2D eigenvalue weighted by atomic mass is 10.0. The Morgan fingerprint density at radius 3 is 2.38 bits per heavy atom. The molecule has 0 fully saturated rings. The molecule has 0 aliphatic heterocycles. The third-order valence-electron chi connectivity index (χ3n) is 4.77. The summed E-state index contributed by atoms with van der Waals surface area (Å²) in [4.78, 5) is 16.4. The number of pyridine rings is 1. The minimum atomic E-state index is 0.0609. The Hall–Kier alpha value is -3.59. The summed E-state index contributed by atoms with van der Waals surface area (Å²) < 4.78 is 0. The van der Waals surface area contributed by atoms with Crippen LogP contribution in [0.1, 0.15) is 0 Å². The van der Waals surface area contributed by atoms with Crippen LogP contribution in [0.25, 0.3) is 32.6 Å². The summed E-state index contributed by atoms with van der Waals surface area (Å²) in [5, 5.41) is 7.02. The first-order chi connectivity index (χ1) is 12.8.